The molecular formula is C28H28FN11. The van der Waals surface area contributed by atoms with Crippen molar-refractivity contribution < 1.29 is 4.39 Å². The average Bonchev–Trinajstić information content (AvgIpc) is 3.59. The topological polar surface area (TPSA) is 117 Å². The highest BCUT2D eigenvalue weighted by Gasteiger charge is 2.44. The quantitative estimate of drug-likeness (QED) is 0.320. The Morgan fingerprint density at radius 1 is 0.950 bits per heavy atom. The van der Waals surface area contributed by atoms with Gasteiger partial charge in [0.2, 0.25) is 5.95 Å². The Balaban J connectivity index is 0.991. The minimum absolute atomic E-state index is 0.474. The van der Waals surface area contributed by atoms with E-state index in [1.807, 2.05) is 50.5 Å². The van der Waals surface area contributed by atoms with Crippen molar-refractivity contribution in [2.45, 2.75) is 38.9 Å². The Kier molecular flexibility index (Phi) is 5.96. The number of nitrogens with zero attached hydrogens (tertiary/aromatic N) is 9. The molecular weight excluding hydrogens is 509 g/mol. The number of aromatic amines is 1. The molecule has 2 N–H and O–H groups in total. The number of anilines is 3. The third kappa shape index (κ3) is 4.77. The molecule has 3 fully saturated rings. The largest absolute Gasteiger partial charge is 0.353 e. The van der Waals surface area contributed by atoms with E-state index in [-0.39, 0.29) is 0 Å². The van der Waals surface area contributed by atoms with Gasteiger partial charge in [-0.2, -0.15) is 9.49 Å². The summed E-state index contributed by atoms with van der Waals surface area (Å²) in [5, 5.41) is 10.4. The molecule has 5 aromatic rings. The van der Waals surface area contributed by atoms with Crippen molar-refractivity contribution in [3.8, 4) is 17.2 Å². The van der Waals surface area contributed by atoms with Crippen molar-refractivity contribution in [3.05, 3.63) is 84.2 Å². The molecule has 2 bridgehead atoms. The predicted octanol–water partition coefficient (Wildman–Crippen LogP) is 3.81. The highest BCUT2D eigenvalue weighted by Crippen LogP contribution is 2.35. The van der Waals surface area contributed by atoms with Crippen molar-refractivity contribution in [1.82, 2.24) is 44.6 Å². The predicted molar refractivity (Wildman–Crippen MR) is 148 cm³/mol. The van der Waals surface area contributed by atoms with Crippen LogP contribution in [0.1, 0.15) is 23.4 Å². The number of nitrogens with one attached hydrogen (secondary N) is 2. The van der Waals surface area contributed by atoms with E-state index >= 15 is 0 Å². The molecule has 0 radical (unpaired) electrons. The van der Waals surface area contributed by atoms with Gasteiger partial charge < -0.3 is 10.2 Å². The van der Waals surface area contributed by atoms with Gasteiger partial charge in [-0.15, -0.1) is 0 Å². The molecule has 2 unspecified atom stereocenters. The van der Waals surface area contributed by atoms with Crippen LogP contribution < -0.4 is 10.2 Å². The van der Waals surface area contributed by atoms with Gasteiger partial charge in [0.1, 0.15) is 23.8 Å². The molecule has 40 heavy (non-hydrogen) atoms. The van der Waals surface area contributed by atoms with E-state index in [1.165, 1.54) is 18.9 Å². The Labute approximate surface area is 230 Å². The number of piperidine rings is 1. The fourth-order valence-corrected chi connectivity index (χ4v) is 5.51. The number of hydrogen-bond donors (Lipinski definition) is 2. The Morgan fingerprint density at radius 3 is 2.45 bits per heavy atom. The van der Waals surface area contributed by atoms with Gasteiger partial charge in [-0.3, -0.25) is 14.6 Å². The van der Waals surface area contributed by atoms with E-state index in [4.69, 9.17) is 4.98 Å². The molecule has 3 aliphatic rings. The SMILES string of the molecule is Cc1cc(Nc2cc(C)[nH]n2)nc(-c2ccc(N3CC4CC(C3)N4Cc3ccc(-n4cnc(F)c4)nc3)nc2)n1. The number of hydrogen-bond acceptors (Lipinski definition) is 9. The van der Waals surface area contributed by atoms with E-state index in [9.17, 15) is 4.39 Å². The molecule has 0 aliphatic carbocycles. The molecule has 11 nitrogen and oxygen atoms in total. The van der Waals surface area contributed by atoms with Gasteiger partial charge in [0.15, 0.2) is 11.6 Å². The summed E-state index contributed by atoms with van der Waals surface area (Å²) in [6.07, 6.45) is 7.66. The van der Waals surface area contributed by atoms with Gasteiger partial charge in [0.25, 0.3) is 0 Å². The van der Waals surface area contributed by atoms with Gasteiger partial charge >= 0.3 is 0 Å². The maximum absolute atomic E-state index is 13.2. The van der Waals surface area contributed by atoms with Gasteiger partial charge in [-0.1, -0.05) is 6.07 Å². The molecule has 12 heteroatoms. The molecule has 0 amide bonds. The summed E-state index contributed by atoms with van der Waals surface area (Å²) in [4.78, 5) is 27.1. The second-order valence-electron chi connectivity index (χ2n) is 10.4. The van der Waals surface area contributed by atoms with Crippen LogP contribution in [0.4, 0.5) is 21.8 Å². The first-order valence-electron chi connectivity index (χ1n) is 13.2. The van der Waals surface area contributed by atoms with Crippen molar-refractivity contribution >= 4 is 17.5 Å². The van der Waals surface area contributed by atoms with E-state index in [1.54, 1.807) is 4.57 Å². The number of H-pyrrole nitrogens is 1. The zero-order valence-corrected chi connectivity index (χ0v) is 22.2. The standard InChI is InChI=1S/C28H28FN11/c1-17-7-24(34-25-8-18(2)36-37-25)35-28(33-17)20-4-6-26(31-11-20)38-13-21-9-22(14-38)40(21)12-19-3-5-27(30-10-19)39-15-23(29)32-16-39/h3-8,10-11,15-16,21-22H,9,12-14H2,1-2H3,(H2,33,34,35,36,37). The lowest BCUT2D eigenvalue weighted by Crippen LogP contribution is -2.68. The Hall–Kier alpha value is -4.71. The van der Waals surface area contributed by atoms with Crippen LogP contribution in [-0.4, -0.2) is 69.8 Å². The van der Waals surface area contributed by atoms with Crippen LogP contribution in [0.5, 0.6) is 0 Å². The molecule has 0 aromatic carbocycles. The van der Waals surface area contributed by atoms with Crippen LogP contribution in [0.3, 0.4) is 0 Å². The minimum Gasteiger partial charge on any atom is -0.353 e. The zero-order valence-electron chi connectivity index (χ0n) is 22.2. The summed E-state index contributed by atoms with van der Waals surface area (Å²) >= 11 is 0. The van der Waals surface area contributed by atoms with Crippen LogP contribution in [0.25, 0.3) is 17.2 Å². The number of pyridine rings is 2. The second kappa shape index (κ2) is 9.79. The first-order valence-corrected chi connectivity index (χ1v) is 13.2. The summed E-state index contributed by atoms with van der Waals surface area (Å²) in [5.74, 6) is 3.14. The number of fused-ring (bicyclic) bond motifs is 2. The number of aryl methyl sites for hydroxylation is 2. The molecule has 0 spiro atoms. The number of aromatic nitrogens is 8. The van der Waals surface area contributed by atoms with Crippen molar-refractivity contribution in [2.24, 2.45) is 0 Å². The third-order valence-corrected chi connectivity index (χ3v) is 7.48. The number of halogens is 1. The van der Waals surface area contributed by atoms with Gasteiger partial charge in [0.05, 0.1) is 6.20 Å². The fourth-order valence-electron chi connectivity index (χ4n) is 5.51. The highest BCUT2D eigenvalue weighted by molar-refractivity contribution is 5.61. The van der Waals surface area contributed by atoms with Crippen LogP contribution >= 0.6 is 0 Å². The summed E-state index contributed by atoms with van der Waals surface area (Å²) in [5.41, 5.74) is 3.85. The van der Waals surface area contributed by atoms with Crippen LogP contribution in [-0.2, 0) is 6.54 Å². The molecule has 2 atom stereocenters. The van der Waals surface area contributed by atoms with Crippen LogP contribution in [0.15, 0.2) is 61.3 Å². The lowest BCUT2D eigenvalue weighted by Gasteiger charge is -2.56. The lowest BCUT2D eigenvalue weighted by molar-refractivity contribution is -0.00875. The van der Waals surface area contributed by atoms with Crippen molar-refractivity contribution in [3.63, 3.8) is 0 Å². The Morgan fingerprint density at radius 2 is 1.77 bits per heavy atom. The summed E-state index contributed by atoms with van der Waals surface area (Å²) in [7, 11) is 0. The van der Waals surface area contributed by atoms with Crippen LogP contribution in [0, 0.1) is 19.8 Å². The van der Waals surface area contributed by atoms with E-state index < -0.39 is 5.95 Å². The first-order chi connectivity index (χ1) is 19.5. The molecule has 8 rings (SSSR count). The van der Waals surface area contributed by atoms with Crippen LogP contribution in [0.2, 0.25) is 0 Å². The molecule has 3 aliphatic heterocycles. The summed E-state index contributed by atoms with van der Waals surface area (Å²) in [6, 6.07) is 12.8. The first kappa shape index (κ1) is 24.3. The minimum atomic E-state index is -0.515. The third-order valence-electron chi connectivity index (χ3n) is 7.48. The molecule has 8 heterocycles. The molecule has 3 saturated heterocycles. The van der Waals surface area contributed by atoms with Crippen molar-refractivity contribution in [1.29, 1.82) is 0 Å². The highest BCUT2D eigenvalue weighted by atomic mass is 19.1. The number of rotatable bonds is 7. The molecule has 5 aromatic heterocycles. The monoisotopic (exact) mass is 537 g/mol. The normalized spacial score (nSPS) is 18.5. The zero-order chi connectivity index (χ0) is 27.2. The maximum Gasteiger partial charge on any atom is 0.231 e. The summed E-state index contributed by atoms with van der Waals surface area (Å²) in [6.45, 7) is 6.61. The van der Waals surface area contributed by atoms with E-state index in [2.05, 4.69) is 57.4 Å². The molecule has 202 valence electrons. The van der Waals surface area contributed by atoms with Gasteiger partial charge in [-0.25, -0.2) is 24.9 Å². The Bertz CT molecular complexity index is 1630. The summed E-state index contributed by atoms with van der Waals surface area (Å²) < 4.78 is 14.8. The average molecular weight is 538 g/mol. The van der Waals surface area contributed by atoms with E-state index in [0.29, 0.717) is 35.4 Å². The number of piperazine rings is 1. The number of imidazole rings is 1. The van der Waals surface area contributed by atoms with Gasteiger partial charge in [-0.05, 0) is 44.0 Å². The van der Waals surface area contributed by atoms with Gasteiger partial charge in [0, 0.05) is 73.2 Å². The second-order valence-corrected chi connectivity index (χ2v) is 10.4. The van der Waals surface area contributed by atoms with Crippen molar-refractivity contribution in [2.75, 3.05) is 23.3 Å². The fraction of sp³-hybridized carbons (Fsp3) is 0.286. The maximum atomic E-state index is 13.2. The smallest absolute Gasteiger partial charge is 0.231 e. The molecule has 0 saturated carbocycles. The van der Waals surface area contributed by atoms with E-state index in [0.717, 1.165) is 48.0 Å². The lowest BCUT2D eigenvalue weighted by atomic mass is 9.87.